The van der Waals surface area contributed by atoms with Gasteiger partial charge < -0.3 is 10.1 Å². The zero-order valence-corrected chi connectivity index (χ0v) is 16.4. The fourth-order valence-electron chi connectivity index (χ4n) is 2.53. The summed E-state index contributed by atoms with van der Waals surface area (Å²) in [6.45, 7) is 5.03. The zero-order valence-electron chi connectivity index (χ0n) is 14.8. The average Bonchev–Trinajstić information content (AvgIpc) is 2.89. The highest BCUT2D eigenvalue weighted by Crippen LogP contribution is 2.34. The predicted molar refractivity (Wildman–Crippen MR) is 103 cm³/mol. The van der Waals surface area contributed by atoms with Gasteiger partial charge in [0.15, 0.2) is 5.78 Å². The van der Waals surface area contributed by atoms with Crippen LogP contribution in [0.3, 0.4) is 0 Å². The second-order valence-electron chi connectivity index (χ2n) is 5.72. The summed E-state index contributed by atoms with van der Waals surface area (Å²) in [7, 11) is 0. The van der Waals surface area contributed by atoms with E-state index < -0.39 is 5.97 Å². The highest BCUT2D eigenvalue weighted by Gasteiger charge is 2.25. The number of benzene rings is 1. The van der Waals surface area contributed by atoms with Crippen LogP contribution in [-0.2, 0) is 16.0 Å². The molecule has 2 aromatic rings. The Hall–Kier alpha value is -2.18. The third kappa shape index (κ3) is 4.93. The SMILES string of the molecule is CCOC(=O)c1c(NC(=O)CCc2cccc(Cl)c2)sc(C(C)=O)c1C. The van der Waals surface area contributed by atoms with E-state index in [9.17, 15) is 14.4 Å². The van der Waals surface area contributed by atoms with Crippen LogP contribution in [0.2, 0.25) is 5.02 Å². The molecule has 0 aliphatic heterocycles. The summed E-state index contributed by atoms with van der Waals surface area (Å²) in [5.41, 5.74) is 1.73. The van der Waals surface area contributed by atoms with Gasteiger partial charge in [0.2, 0.25) is 5.91 Å². The Balaban J connectivity index is 2.16. The summed E-state index contributed by atoms with van der Waals surface area (Å²) in [5.74, 6) is -0.941. The molecule has 0 saturated heterocycles. The zero-order chi connectivity index (χ0) is 19.3. The molecule has 1 aromatic heterocycles. The van der Waals surface area contributed by atoms with Gasteiger partial charge in [-0.3, -0.25) is 9.59 Å². The quantitative estimate of drug-likeness (QED) is 0.548. The number of anilines is 1. The molecule has 26 heavy (non-hydrogen) atoms. The second-order valence-corrected chi connectivity index (χ2v) is 7.17. The summed E-state index contributed by atoms with van der Waals surface area (Å²) in [6, 6.07) is 7.30. The molecule has 0 saturated carbocycles. The van der Waals surface area contributed by atoms with Crippen molar-refractivity contribution < 1.29 is 19.1 Å². The lowest BCUT2D eigenvalue weighted by Gasteiger charge is -2.07. The van der Waals surface area contributed by atoms with E-state index in [0.717, 1.165) is 16.9 Å². The molecule has 1 heterocycles. The van der Waals surface area contributed by atoms with E-state index >= 15 is 0 Å². The minimum Gasteiger partial charge on any atom is -0.462 e. The molecule has 0 bridgehead atoms. The van der Waals surface area contributed by atoms with E-state index in [2.05, 4.69) is 5.32 Å². The van der Waals surface area contributed by atoms with Gasteiger partial charge in [0, 0.05) is 11.4 Å². The minimum atomic E-state index is -0.543. The number of thiophene rings is 1. The number of ether oxygens (including phenoxy) is 1. The average molecular weight is 394 g/mol. The van der Waals surface area contributed by atoms with Gasteiger partial charge in [0.1, 0.15) is 5.00 Å². The lowest BCUT2D eigenvalue weighted by Crippen LogP contribution is -2.15. The van der Waals surface area contributed by atoms with Crippen LogP contribution in [0.15, 0.2) is 24.3 Å². The van der Waals surface area contributed by atoms with Crippen LogP contribution in [0, 0.1) is 6.92 Å². The highest BCUT2D eigenvalue weighted by molar-refractivity contribution is 7.18. The molecule has 0 radical (unpaired) electrons. The molecule has 1 aromatic carbocycles. The fourth-order valence-corrected chi connectivity index (χ4v) is 3.85. The Bertz CT molecular complexity index is 844. The van der Waals surface area contributed by atoms with Crippen LogP contribution in [-0.4, -0.2) is 24.3 Å². The van der Waals surface area contributed by atoms with Crippen LogP contribution in [0.25, 0.3) is 0 Å². The Labute approximate surface area is 161 Å². The minimum absolute atomic E-state index is 0.155. The lowest BCUT2D eigenvalue weighted by molar-refractivity contribution is -0.116. The third-order valence-electron chi connectivity index (χ3n) is 3.73. The molecule has 0 spiro atoms. The molecule has 0 aliphatic carbocycles. The summed E-state index contributed by atoms with van der Waals surface area (Å²) in [4.78, 5) is 36.8. The standard InChI is InChI=1S/C19H20ClNO4S/c1-4-25-19(24)16-11(2)17(12(3)22)26-18(16)21-15(23)9-8-13-6-5-7-14(20)10-13/h5-7,10H,4,8-9H2,1-3H3,(H,21,23). The van der Waals surface area contributed by atoms with Gasteiger partial charge in [0.05, 0.1) is 17.0 Å². The second kappa shape index (κ2) is 8.96. The van der Waals surface area contributed by atoms with E-state index in [-0.39, 0.29) is 30.3 Å². The number of nitrogens with one attached hydrogen (secondary N) is 1. The molecule has 2 rings (SSSR count). The van der Waals surface area contributed by atoms with Crippen molar-refractivity contribution in [2.45, 2.75) is 33.6 Å². The maximum absolute atomic E-state index is 12.3. The van der Waals surface area contributed by atoms with Gasteiger partial charge in [-0.2, -0.15) is 0 Å². The first-order chi connectivity index (χ1) is 12.3. The third-order valence-corrected chi connectivity index (χ3v) is 5.27. The Morgan fingerprint density at radius 2 is 2.00 bits per heavy atom. The van der Waals surface area contributed by atoms with Crippen LogP contribution < -0.4 is 5.32 Å². The lowest BCUT2D eigenvalue weighted by atomic mass is 10.1. The molecule has 1 amide bonds. The fraction of sp³-hybridized carbons (Fsp3) is 0.316. The molecule has 0 aliphatic rings. The Morgan fingerprint density at radius 1 is 1.27 bits per heavy atom. The summed E-state index contributed by atoms with van der Waals surface area (Å²) >= 11 is 7.04. The Morgan fingerprint density at radius 3 is 2.62 bits per heavy atom. The highest BCUT2D eigenvalue weighted by atomic mass is 35.5. The van der Waals surface area contributed by atoms with E-state index in [0.29, 0.717) is 26.9 Å². The van der Waals surface area contributed by atoms with Crippen molar-refractivity contribution >= 4 is 45.6 Å². The molecule has 0 atom stereocenters. The van der Waals surface area contributed by atoms with Crippen LogP contribution in [0.5, 0.6) is 0 Å². The molecular formula is C19H20ClNO4S. The van der Waals surface area contributed by atoms with Gasteiger partial charge in [-0.05, 0) is 50.5 Å². The normalized spacial score (nSPS) is 10.5. The van der Waals surface area contributed by atoms with E-state index in [1.165, 1.54) is 6.92 Å². The first kappa shape index (κ1) is 20.1. The maximum Gasteiger partial charge on any atom is 0.341 e. The van der Waals surface area contributed by atoms with Gasteiger partial charge in [-0.15, -0.1) is 11.3 Å². The number of amides is 1. The number of Topliss-reactive ketones (excluding diaryl/α,β-unsaturated/α-hetero) is 1. The maximum atomic E-state index is 12.3. The van der Waals surface area contributed by atoms with Gasteiger partial charge >= 0.3 is 5.97 Å². The summed E-state index contributed by atoms with van der Waals surface area (Å²) in [5, 5.41) is 3.71. The number of ketones is 1. The van der Waals surface area contributed by atoms with E-state index in [1.807, 2.05) is 18.2 Å². The number of aryl methyl sites for hydroxylation is 1. The number of carbonyl (C=O) groups excluding carboxylic acids is 3. The molecule has 7 heteroatoms. The number of halogens is 1. The van der Waals surface area contributed by atoms with Crippen molar-refractivity contribution in [1.82, 2.24) is 0 Å². The molecule has 138 valence electrons. The molecule has 0 unspecified atom stereocenters. The molecular weight excluding hydrogens is 374 g/mol. The Kier molecular flexibility index (Phi) is 6.94. The van der Waals surface area contributed by atoms with Crippen LogP contribution >= 0.6 is 22.9 Å². The monoisotopic (exact) mass is 393 g/mol. The first-order valence-corrected chi connectivity index (χ1v) is 9.38. The molecule has 0 fully saturated rings. The van der Waals surface area contributed by atoms with Crippen molar-refractivity contribution in [2.24, 2.45) is 0 Å². The van der Waals surface area contributed by atoms with Crippen molar-refractivity contribution in [2.75, 3.05) is 11.9 Å². The summed E-state index contributed by atoms with van der Waals surface area (Å²) in [6.07, 6.45) is 0.750. The van der Waals surface area contributed by atoms with Crippen molar-refractivity contribution in [1.29, 1.82) is 0 Å². The summed E-state index contributed by atoms with van der Waals surface area (Å²) < 4.78 is 5.06. The smallest absolute Gasteiger partial charge is 0.341 e. The van der Waals surface area contributed by atoms with Gasteiger partial charge in [-0.25, -0.2) is 4.79 Å². The largest absolute Gasteiger partial charge is 0.462 e. The number of carbonyl (C=O) groups is 3. The molecule has 5 nitrogen and oxygen atoms in total. The first-order valence-electron chi connectivity index (χ1n) is 8.19. The predicted octanol–water partition coefficient (Wildman–Crippen LogP) is 4.66. The number of rotatable bonds is 7. The number of esters is 1. The topological polar surface area (TPSA) is 72.5 Å². The van der Waals surface area contributed by atoms with Crippen molar-refractivity contribution in [3.8, 4) is 0 Å². The van der Waals surface area contributed by atoms with E-state index in [4.69, 9.17) is 16.3 Å². The number of hydrogen-bond acceptors (Lipinski definition) is 5. The van der Waals surface area contributed by atoms with Crippen LogP contribution in [0.1, 0.15) is 51.4 Å². The molecule has 1 N–H and O–H groups in total. The van der Waals surface area contributed by atoms with Gasteiger partial charge in [-0.1, -0.05) is 23.7 Å². The van der Waals surface area contributed by atoms with Crippen LogP contribution in [0.4, 0.5) is 5.00 Å². The van der Waals surface area contributed by atoms with Gasteiger partial charge in [0.25, 0.3) is 0 Å². The van der Waals surface area contributed by atoms with Crippen molar-refractivity contribution in [3.05, 3.63) is 50.9 Å². The number of hydrogen-bond donors (Lipinski definition) is 1. The van der Waals surface area contributed by atoms with Crippen molar-refractivity contribution in [3.63, 3.8) is 0 Å². The van der Waals surface area contributed by atoms with E-state index in [1.54, 1.807) is 19.9 Å².